The highest BCUT2D eigenvalue weighted by Crippen LogP contribution is 2.39. The van der Waals surface area contributed by atoms with E-state index in [2.05, 4.69) is 15.4 Å². The molecule has 0 radical (unpaired) electrons. The first-order chi connectivity index (χ1) is 9.74. The fourth-order valence-corrected chi connectivity index (χ4v) is 2.42. The molecule has 0 bridgehead atoms. The predicted octanol–water partition coefficient (Wildman–Crippen LogP) is 1.23. The number of carbonyl (C=O) groups excluding carboxylic acids is 1. The minimum Gasteiger partial charge on any atom is -0.493 e. The van der Waals surface area contributed by atoms with E-state index in [4.69, 9.17) is 9.47 Å². The fourth-order valence-electron chi connectivity index (χ4n) is 2.42. The molecule has 0 spiro atoms. The summed E-state index contributed by atoms with van der Waals surface area (Å²) in [7, 11) is 3.16. The summed E-state index contributed by atoms with van der Waals surface area (Å²) in [6, 6.07) is 5.31. The van der Waals surface area contributed by atoms with Gasteiger partial charge in [-0.15, -0.1) is 0 Å². The molecule has 1 atom stereocenters. The predicted molar refractivity (Wildman–Crippen MR) is 71.0 cm³/mol. The molecule has 0 saturated heterocycles. The maximum atomic E-state index is 11.8. The summed E-state index contributed by atoms with van der Waals surface area (Å²) < 4.78 is 12.4. The van der Waals surface area contributed by atoms with Crippen LogP contribution in [0.4, 0.5) is 5.95 Å². The lowest BCUT2D eigenvalue weighted by Crippen LogP contribution is -2.29. The number of nitrogens with one attached hydrogen (secondary N) is 1. The number of hydrogen-bond acceptors (Lipinski definition) is 5. The summed E-state index contributed by atoms with van der Waals surface area (Å²) in [5, 5.41) is 6.86. The van der Waals surface area contributed by atoms with Crippen LogP contribution in [-0.2, 0) is 4.79 Å². The monoisotopic (exact) mass is 274 g/mol. The average Bonchev–Trinajstić information content (AvgIpc) is 2.93. The normalized spacial score (nSPS) is 17.3. The van der Waals surface area contributed by atoms with Gasteiger partial charge in [-0.2, -0.15) is 10.1 Å². The number of amides is 1. The highest BCUT2D eigenvalue weighted by molar-refractivity contribution is 5.91. The smallest absolute Gasteiger partial charge is 0.229 e. The molecule has 1 aromatic carbocycles. The Labute approximate surface area is 115 Å². The van der Waals surface area contributed by atoms with Crippen LogP contribution in [0.5, 0.6) is 11.5 Å². The van der Waals surface area contributed by atoms with Gasteiger partial charge in [0.25, 0.3) is 0 Å². The molecule has 0 saturated carbocycles. The Hall–Kier alpha value is -2.57. The van der Waals surface area contributed by atoms with Crippen molar-refractivity contribution < 1.29 is 14.3 Å². The molecular formula is C13H14N4O3. The Kier molecular flexibility index (Phi) is 3.02. The number of aromatic nitrogens is 3. The standard InChI is InChI=1S/C13H14N4O3/c1-19-10-5-3-4-8(12(10)20-2)9-6-11(18)16-13-14-7-15-17(9)13/h3-5,7,9H,6H2,1-2H3,(H,14,15,16,18)/t9-/m0/s1. The zero-order chi connectivity index (χ0) is 14.1. The minimum absolute atomic E-state index is 0.0969. The molecule has 0 fully saturated rings. The van der Waals surface area contributed by atoms with Crippen LogP contribution >= 0.6 is 0 Å². The quantitative estimate of drug-likeness (QED) is 0.910. The molecule has 1 amide bonds. The van der Waals surface area contributed by atoms with E-state index >= 15 is 0 Å². The van der Waals surface area contributed by atoms with Crippen LogP contribution in [-0.4, -0.2) is 34.9 Å². The number of para-hydroxylation sites is 1. The van der Waals surface area contributed by atoms with Crippen molar-refractivity contribution in [2.75, 3.05) is 19.5 Å². The maximum Gasteiger partial charge on any atom is 0.229 e. The van der Waals surface area contributed by atoms with Crippen molar-refractivity contribution in [3.05, 3.63) is 30.1 Å². The summed E-state index contributed by atoms with van der Waals surface area (Å²) >= 11 is 0. The van der Waals surface area contributed by atoms with E-state index in [0.717, 1.165) is 5.56 Å². The van der Waals surface area contributed by atoms with Gasteiger partial charge in [0.15, 0.2) is 11.5 Å². The zero-order valence-electron chi connectivity index (χ0n) is 11.2. The average molecular weight is 274 g/mol. The van der Waals surface area contributed by atoms with Crippen LogP contribution in [0.1, 0.15) is 18.0 Å². The maximum absolute atomic E-state index is 11.8. The Bertz CT molecular complexity index is 653. The number of hydrogen-bond donors (Lipinski definition) is 1. The summed E-state index contributed by atoms with van der Waals surface area (Å²) in [5.41, 5.74) is 0.841. The largest absolute Gasteiger partial charge is 0.493 e. The van der Waals surface area contributed by atoms with Crippen LogP contribution in [0.15, 0.2) is 24.5 Å². The lowest BCUT2D eigenvalue weighted by Gasteiger charge is -2.25. The third-order valence-corrected chi connectivity index (χ3v) is 3.29. The molecule has 2 aromatic rings. The van der Waals surface area contributed by atoms with Gasteiger partial charge >= 0.3 is 0 Å². The number of carbonyl (C=O) groups is 1. The molecule has 7 heteroatoms. The molecule has 104 valence electrons. The van der Waals surface area contributed by atoms with E-state index < -0.39 is 0 Å². The second kappa shape index (κ2) is 4.84. The summed E-state index contributed by atoms with van der Waals surface area (Å²) in [4.78, 5) is 15.8. The first-order valence-corrected chi connectivity index (χ1v) is 6.15. The third-order valence-electron chi connectivity index (χ3n) is 3.29. The minimum atomic E-state index is -0.258. The van der Waals surface area contributed by atoms with Gasteiger partial charge in [0.1, 0.15) is 6.33 Å². The van der Waals surface area contributed by atoms with Crippen molar-refractivity contribution in [2.24, 2.45) is 0 Å². The number of anilines is 1. The third kappa shape index (κ3) is 1.87. The molecule has 1 N–H and O–H groups in total. The summed E-state index contributed by atoms with van der Waals surface area (Å²) in [6.45, 7) is 0. The topological polar surface area (TPSA) is 78.3 Å². The molecule has 7 nitrogen and oxygen atoms in total. The molecule has 20 heavy (non-hydrogen) atoms. The van der Waals surface area contributed by atoms with E-state index in [9.17, 15) is 4.79 Å². The van der Waals surface area contributed by atoms with Gasteiger partial charge in [-0.25, -0.2) is 4.68 Å². The second-order valence-corrected chi connectivity index (χ2v) is 4.38. The first kappa shape index (κ1) is 12.5. The van der Waals surface area contributed by atoms with E-state index in [-0.39, 0.29) is 18.4 Å². The molecule has 0 unspecified atom stereocenters. The van der Waals surface area contributed by atoms with Gasteiger partial charge in [0, 0.05) is 5.56 Å². The van der Waals surface area contributed by atoms with Gasteiger partial charge in [0.2, 0.25) is 11.9 Å². The van der Waals surface area contributed by atoms with Crippen molar-refractivity contribution >= 4 is 11.9 Å². The molecule has 2 heterocycles. The zero-order valence-corrected chi connectivity index (χ0v) is 11.2. The van der Waals surface area contributed by atoms with Crippen LogP contribution in [0.2, 0.25) is 0 Å². The number of rotatable bonds is 3. The van der Waals surface area contributed by atoms with Crippen LogP contribution < -0.4 is 14.8 Å². The number of fused-ring (bicyclic) bond motifs is 1. The van der Waals surface area contributed by atoms with Gasteiger partial charge in [-0.3, -0.25) is 10.1 Å². The SMILES string of the molecule is COc1cccc([C@@H]2CC(=O)Nc3ncnn32)c1OC. The molecular weight excluding hydrogens is 260 g/mol. The van der Waals surface area contributed by atoms with Crippen molar-refractivity contribution in [1.29, 1.82) is 0 Å². The second-order valence-electron chi connectivity index (χ2n) is 4.38. The van der Waals surface area contributed by atoms with Gasteiger partial charge < -0.3 is 9.47 Å². The summed E-state index contributed by atoms with van der Waals surface area (Å²) in [5.74, 6) is 1.57. The molecule has 1 aliphatic heterocycles. The summed E-state index contributed by atoms with van der Waals surface area (Å²) in [6.07, 6.45) is 1.69. The van der Waals surface area contributed by atoms with Crippen molar-refractivity contribution in [1.82, 2.24) is 14.8 Å². The molecule has 3 rings (SSSR count). The number of ether oxygens (including phenoxy) is 2. The number of methoxy groups -OCH3 is 2. The lowest BCUT2D eigenvalue weighted by molar-refractivity contribution is -0.117. The molecule has 1 aromatic heterocycles. The van der Waals surface area contributed by atoms with Crippen LogP contribution in [0.3, 0.4) is 0 Å². The van der Waals surface area contributed by atoms with Crippen LogP contribution in [0, 0.1) is 0 Å². The Morgan fingerprint density at radius 1 is 1.35 bits per heavy atom. The first-order valence-electron chi connectivity index (χ1n) is 6.15. The molecule has 1 aliphatic rings. The van der Waals surface area contributed by atoms with E-state index in [1.807, 2.05) is 18.2 Å². The lowest BCUT2D eigenvalue weighted by atomic mass is 10.0. The number of nitrogens with zero attached hydrogens (tertiary/aromatic N) is 3. The van der Waals surface area contributed by atoms with Gasteiger partial charge in [-0.05, 0) is 6.07 Å². The Morgan fingerprint density at radius 2 is 2.20 bits per heavy atom. The fraction of sp³-hybridized carbons (Fsp3) is 0.308. The van der Waals surface area contributed by atoms with E-state index in [1.165, 1.54) is 6.33 Å². The van der Waals surface area contributed by atoms with Crippen LogP contribution in [0.25, 0.3) is 0 Å². The van der Waals surface area contributed by atoms with E-state index in [1.54, 1.807) is 18.9 Å². The van der Waals surface area contributed by atoms with Crippen molar-refractivity contribution in [3.63, 3.8) is 0 Å². The van der Waals surface area contributed by atoms with E-state index in [0.29, 0.717) is 17.4 Å². The Morgan fingerprint density at radius 3 is 2.95 bits per heavy atom. The highest BCUT2D eigenvalue weighted by Gasteiger charge is 2.30. The van der Waals surface area contributed by atoms with Gasteiger partial charge in [0.05, 0.1) is 26.7 Å². The Balaban J connectivity index is 2.13. The molecule has 0 aliphatic carbocycles. The van der Waals surface area contributed by atoms with Gasteiger partial charge in [-0.1, -0.05) is 12.1 Å². The highest BCUT2D eigenvalue weighted by atomic mass is 16.5. The van der Waals surface area contributed by atoms with Crippen molar-refractivity contribution in [3.8, 4) is 11.5 Å². The number of benzene rings is 1. The van der Waals surface area contributed by atoms with Crippen molar-refractivity contribution in [2.45, 2.75) is 12.5 Å².